The summed E-state index contributed by atoms with van der Waals surface area (Å²) in [6.45, 7) is 3.93. The number of nitrogens with zero attached hydrogens (tertiary/aromatic N) is 1. The van der Waals surface area contributed by atoms with Gasteiger partial charge in [-0.2, -0.15) is 0 Å². The molecule has 0 aliphatic carbocycles. The number of aryl methyl sites for hydroxylation is 2. The predicted molar refractivity (Wildman–Crippen MR) is 96.1 cm³/mol. The van der Waals surface area contributed by atoms with Crippen LogP contribution in [0.1, 0.15) is 27.0 Å². The first-order valence-electron chi connectivity index (χ1n) is 7.66. The summed E-state index contributed by atoms with van der Waals surface area (Å²) in [7, 11) is -0.650. The van der Waals surface area contributed by atoms with Crippen molar-refractivity contribution in [2.45, 2.75) is 25.3 Å². The molecule has 2 aromatic carbocycles. The van der Waals surface area contributed by atoms with Crippen molar-refractivity contribution in [1.82, 2.24) is 4.90 Å². The van der Waals surface area contributed by atoms with Gasteiger partial charge >= 0.3 is 0 Å². The molecule has 0 radical (unpaired) electrons. The summed E-state index contributed by atoms with van der Waals surface area (Å²) in [4.78, 5) is 14.1. The number of hydrogen-bond donors (Lipinski definition) is 1. The van der Waals surface area contributed by atoms with Crippen molar-refractivity contribution >= 4 is 15.9 Å². The SMILES string of the molecule is COc1ccc(C)cc1CN(C)C(=O)c1ccc(C)c(S(N)(=O)=O)c1. The molecule has 6 nitrogen and oxygen atoms in total. The number of hydrogen-bond acceptors (Lipinski definition) is 4. The largest absolute Gasteiger partial charge is 0.496 e. The van der Waals surface area contributed by atoms with Gasteiger partial charge in [0, 0.05) is 24.7 Å². The number of sulfonamides is 1. The molecule has 0 aromatic heterocycles. The van der Waals surface area contributed by atoms with E-state index in [0.717, 1.165) is 11.1 Å². The molecule has 0 aliphatic heterocycles. The van der Waals surface area contributed by atoms with Crippen LogP contribution in [-0.2, 0) is 16.6 Å². The van der Waals surface area contributed by atoms with Gasteiger partial charge < -0.3 is 9.64 Å². The Morgan fingerprint density at radius 3 is 2.44 bits per heavy atom. The lowest BCUT2D eigenvalue weighted by atomic mass is 10.1. The fourth-order valence-corrected chi connectivity index (χ4v) is 3.43. The quantitative estimate of drug-likeness (QED) is 0.883. The lowest BCUT2D eigenvalue weighted by Crippen LogP contribution is -2.27. The summed E-state index contributed by atoms with van der Waals surface area (Å²) in [5.41, 5.74) is 2.70. The number of ether oxygens (including phenoxy) is 1. The summed E-state index contributed by atoms with van der Waals surface area (Å²) in [6.07, 6.45) is 0. The molecule has 0 heterocycles. The number of carbonyl (C=O) groups is 1. The van der Waals surface area contributed by atoms with Gasteiger partial charge in [-0.25, -0.2) is 13.6 Å². The number of carbonyl (C=O) groups excluding carboxylic acids is 1. The van der Waals surface area contributed by atoms with Crippen LogP contribution in [0.3, 0.4) is 0 Å². The third-order valence-electron chi connectivity index (χ3n) is 3.93. The highest BCUT2D eigenvalue weighted by Gasteiger charge is 2.18. The fourth-order valence-electron chi connectivity index (χ4n) is 2.62. The molecule has 0 aliphatic rings. The molecule has 0 atom stereocenters. The summed E-state index contributed by atoms with van der Waals surface area (Å²) in [6, 6.07) is 10.2. The van der Waals surface area contributed by atoms with E-state index in [9.17, 15) is 13.2 Å². The maximum atomic E-state index is 12.7. The van der Waals surface area contributed by atoms with Gasteiger partial charge in [-0.3, -0.25) is 4.79 Å². The van der Waals surface area contributed by atoms with Crippen molar-refractivity contribution in [1.29, 1.82) is 0 Å². The number of benzene rings is 2. The summed E-state index contributed by atoms with van der Waals surface area (Å²) in [5, 5.41) is 5.21. The van der Waals surface area contributed by atoms with Crippen LogP contribution in [0.5, 0.6) is 5.75 Å². The Morgan fingerprint density at radius 2 is 1.84 bits per heavy atom. The molecule has 2 N–H and O–H groups in total. The fraction of sp³-hybridized carbons (Fsp3) is 0.278. The Labute approximate surface area is 148 Å². The van der Waals surface area contributed by atoms with Crippen LogP contribution in [0.2, 0.25) is 0 Å². The van der Waals surface area contributed by atoms with E-state index in [4.69, 9.17) is 9.88 Å². The third kappa shape index (κ3) is 4.37. The van der Waals surface area contributed by atoms with Gasteiger partial charge in [0.15, 0.2) is 0 Å². The lowest BCUT2D eigenvalue weighted by molar-refractivity contribution is 0.0784. The van der Waals surface area contributed by atoms with Gasteiger partial charge in [0.1, 0.15) is 5.75 Å². The Kier molecular flexibility index (Phi) is 5.49. The van der Waals surface area contributed by atoms with Gasteiger partial charge in [-0.15, -0.1) is 0 Å². The third-order valence-corrected chi connectivity index (χ3v) is 4.98. The number of amides is 1. The van der Waals surface area contributed by atoms with E-state index in [0.29, 0.717) is 17.9 Å². The number of primary sulfonamides is 1. The van der Waals surface area contributed by atoms with E-state index < -0.39 is 10.0 Å². The van der Waals surface area contributed by atoms with Crippen LogP contribution in [-0.4, -0.2) is 33.4 Å². The van der Waals surface area contributed by atoms with E-state index >= 15 is 0 Å². The first-order valence-corrected chi connectivity index (χ1v) is 9.20. The minimum absolute atomic E-state index is 0.0418. The molecule has 0 unspecified atom stereocenters. The number of methoxy groups -OCH3 is 1. The van der Waals surface area contributed by atoms with E-state index in [2.05, 4.69) is 0 Å². The summed E-state index contributed by atoms with van der Waals surface area (Å²) in [5.74, 6) is 0.396. The van der Waals surface area contributed by atoms with Crippen LogP contribution in [0.4, 0.5) is 0 Å². The number of rotatable bonds is 5. The first kappa shape index (κ1) is 19.0. The average Bonchev–Trinajstić information content (AvgIpc) is 2.53. The van der Waals surface area contributed by atoms with Crippen LogP contribution in [0.15, 0.2) is 41.3 Å². The van der Waals surface area contributed by atoms with E-state index in [1.165, 1.54) is 11.0 Å². The number of nitrogens with two attached hydrogens (primary N) is 1. The zero-order chi connectivity index (χ0) is 18.8. The molecule has 0 fully saturated rings. The molecule has 2 rings (SSSR count). The van der Waals surface area contributed by atoms with Crippen LogP contribution in [0, 0.1) is 13.8 Å². The second kappa shape index (κ2) is 7.25. The minimum Gasteiger partial charge on any atom is -0.496 e. The monoisotopic (exact) mass is 362 g/mol. The molecule has 0 saturated carbocycles. The minimum atomic E-state index is -3.88. The van der Waals surface area contributed by atoms with Crippen molar-refractivity contribution in [3.8, 4) is 5.75 Å². The zero-order valence-electron chi connectivity index (χ0n) is 14.7. The van der Waals surface area contributed by atoms with Gasteiger partial charge in [0.2, 0.25) is 10.0 Å². The van der Waals surface area contributed by atoms with Crippen LogP contribution < -0.4 is 9.88 Å². The molecular formula is C18H22N2O4S. The van der Waals surface area contributed by atoms with Crippen LogP contribution >= 0.6 is 0 Å². The Hall–Kier alpha value is -2.38. The van der Waals surface area contributed by atoms with Crippen molar-refractivity contribution in [3.05, 3.63) is 58.7 Å². The Bertz CT molecular complexity index is 907. The standard InChI is InChI=1S/C18H22N2O4S/c1-12-5-8-16(24-4)15(9-12)11-20(3)18(21)14-7-6-13(2)17(10-14)25(19,22)23/h5-10H,11H2,1-4H3,(H2,19,22,23). The molecule has 0 bridgehead atoms. The Morgan fingerprint density at radius 1 is 1.16 bits per heavy atom. The normalized spacial score (nSPS) is 11.2. The zero-order valence-corrected chi connectivity index (χ0v) is 15.6. The maximum absolute atomic E-state index is 12.7. The molecule has 0 spiro atoms. The van der Waals surface area contributed by atoms with Gasteiger partial charge in [-0.1, -0.05) is 23.8 Å². The molecule has 7 heteroatoms. The molecule has 134 valence electrons. The van der Waals surface area contributed by atoms with Gasteiger partial charge in [0.05, 0.1) is 12.0 Å². The summed E-state index contributed by atoms with van der Waals surface area (Å²) < 4.78 is 28.6. The van der Waals surface area contributed by atoms with Crippen molar-refractivity contribution in [3.63, 3.8) is 0 Å². The second-order valence-electron chi connectivity index (χ2n) is 6.00. The highest BCUT2D eigenvalue weighted by molar-refractivity contribution is 7.89. The molecule has 2 aromatic rings. The predicted octanol–water partition coefficient (Wildman–Crippen LogP) is 2.23. The van der Waals surface area contributed by atoms with Crippen LogP contribution in [0.25, 0.3) is 0 Å². The van der Waals surface area contributed by atoms with Crippen molar-refractivity contribution in [2.24, 2.45) is 5.14 Å². The lowest BCUT2D eigenvalue weighted by Gasteiger charge is -2.20. The second-order valence-corrected chi connectivity index (χ2v) is 7.53. The topological polar surface area (TPSA) is 89.7 Å². The average molecular weight is 362 g/mol. The van der Waals surface area contributed by atoms with Gasteiger partial charge in [0.25, 0.3) is 5.91 Å². The highest BCUT2D eigenvalue weighted by Crippen LogP contribution is 2.22. The van der Waals surface area contributed by atoms with Crippen molar-refractivity contribution < 1.29 is 17.9 Å². The van der Waals surface area contributed by atoms with Crippen molar-refractivity contribution in [2.75, 3.05) is 14.2 Å². The van der Waals surface area contributed by atoms with E-state index in [1.54, 1.807) is 33.2 Å². The smallest absolute Gasteiger partial charge is 0.253 e. The molecular weight excluding hydrogens is 340 g/mol. The van der Waals surface area contributed by atoms with Gasteiger partial charge in [-0.05, 0) is 37.6 Å². The molecule has 0 saturated heterocycles. The van der Waals surface area contributed by atoms with E-state index in [-0.39, 0.29) is 16.4 Å². The Balaban J connectivity index is 2.31. The first-order chi connectivity index (χ1) is 11.6. The molecule has 1 amide bonds. The summed E-state index contributed by atoms with van der Waals surface area (Å²) >= 11 is 0. The molecule has 25 heavy (non-hydrogen) atoms. The van der Waals surface area contributed by atoms with E-state index in [1.807, 2.05) is 25.1 Å². The highest BCUT2D eigenvalue weighted by atomic mass is 32.2. The maximum Gasteiger partial charge on any atom is 0.253 e.